The normalized spacial score (nSPS) is 25.1. The smallest absolute Gasteiger partial charge is 0.140 e. The molecule has 1 aliphatic heterocycles. The first-order valence-corrected chi connectivity index (χ1v) is 6.63. The number of rotatable bonds is 4. The monoisotopic (exact) mass is 229 g/mol. The molecule has 2 heteroatoms. The number of benzene rings is 1. The summed E-state index contributed by atoms with van der Waals surface area (Å²) in [6.07, 6.45) is 3.37. The van der Waals surface area contributed by atoms with E-state index in [1.54, 1.807) is 0 Å². The first-order valence-electron chi connectivity index (χ1n) is 6.63. The van der Waals surface area contributed by atoms with Crippen molar-refractivity contribution in [3.8, 4) is 0 Å². The predicted octanol–water partition coefficient (Wildman–Crippen LogP) is 2.49. The van der Waals surface area contributed by atoms with Crippen LogP contribution in [0.4, 0.5) is 0 Å². The molecular formula is C15H19NO. The summed E-state index contributed by atoms with van der Waals surface area (Å²) in [5, 5.41) is 0. The molecule has 0 amide bonds. The molecule has 0 N–H and O–H groups in total. The predicted molar refractivity (Wildman–Crippen MR) is 67.6 cm³/mol. The SMILES string of the molecule is O=C(C1CC1)C1CCN(Cc2ccccc2)C1. The summed E-state index contributed by atoms with van der Waals surface area (Å²) < 4.78 is 0. The minimum Gasteiger partial charge on any atom is -0.299 e. The molecule has 2 nitrogen and oxygen atoms in total. The maximum atomic E-state index is 12.0. The Morgan fingerprint density at radius 3 is 2.59 bits per heavy atom. The lowest BCUT2D eigenvalue weighted by Crippen LogP contribution is -2.23. The van der Waals surface area contributed by atoms with E-state index in [0.717, 1.165) is 38.9 Å². The van der Waals surface area contributed by atoms with Crippen molar-refractivity contribution in [1.29, 1.82) is 0 Å². The van der Waals surface area contributed by atoms with Crippen LogP contribution in [-0.4, -0.2) is 23.8 Å². The van der Waals surface area contributed by atoms with Crippen LogP contribution >= 0.6 is 0 Å². The molecule has 1 aliphatic carbocycles. The number of hydrogen-bond acceptors (Lipinski definition) is 2. The third-order valence-corrected chi connectivity index (χ3v) is 3.90. The molecule has 2 fully saturated rings. The Bertz CT molecular complexity index is 397. The fraction of sp³-hybridized carbons (Fsp3) is 0.533. The summed E-state index contributed by atoms with van der Waals surface area (Å²) in [6, 6.07) is 10.5. The minimum atomic E-state index is 0.325. The van der Waals surface area contributed by atoms with E-state index in [1.807, 2.05) is 6.07 Å². The van der Waals surface area contributed by atoms with Crippen LogP contribution < -0.4 is 0 Å². The third-order valence-electron chi connectivity index (χ3n) is 3.90. The topological polar surface area (TPSA) is 20.3 Å². The Balaban J connectivity index is 1.55. The standard InChI is InChI=1S/C15H19NO/c17-15(13-6-7-13)14-8-9-16(11-14)10-12-4-2-1-3-5-12/h1-5,13-14H,6-11H2. The Morgan fingerprint density at radius 2 is 1.88 bits per heavy atom. The van der Waals surface area contributed by atoms with Gasteiger partial charge in [0.25, 0.3) is 0 Å². The summed E-state index contributed by atoms with van der Waals surface area (Å²) in [7, 11) is 0. The van der Waals surface area contributed by atoms with Crippen molar-refractivity contribution in [2.75, 3.05) is 13.1 Å². The molecule has 0 radical (unpaired) electrons. The first kappa shape index (κ1) is 11.0. The molecule has 3 rings (SSSR count). The Labute approximate surface area is 103 Å². The number of ketones is 1. The van der Waals surface area contributed by atoms with Crippen molar-refractivity contribution in [1.82, 2.24) is 4.90 Å². The molecule has 1 atom stereocenters. The maximum Gasteiger partial charge on any atom is 0.140 e. The van der Waals surface area contributed by atoms with Crippen LogP contribution in [0.2, 0.25) is 0 Å². The van der Waals surface area contributed by atoms with Gasteiger partial charge < -0.3 is 0 Å². The highest BCUT2D eigenvalue weighted by atomic mass is 16.1. The van der Waals surface area contributed by atoms with E-state index in [9.17, 15) is 4.79 Å². The zero-order chi connectivity index (χ0) is 11.7. The van der Waals surface area contributed by atoms with Gasteiger partial charge in [0.2, 0.25) is 0 Å². The van der Waals surface area contributed by atoms with E-state index in [0.29, 0.717) is 17.6 Å². The number of Topliss-reactive ketones (excluding diaryl/α,β-unsaturated/α-hetero) is 1. The van der Waals surface area contributed by atoms with Crippen molar-refractivity contribution < 1.29 is 4.79 Å². The van der Waals surface area contributed by atoms with Crippen molar-refractivity contribution in [2.45, 2.75) is 25.8 Å². The largest absolute Gasteiger partial charge is 0.299 e. The number of carbonyl (C=O) groups excluding carboxylic acids is 1. The number of nitrogens with zero attached hydrogens (tertiary/aromatic N) is 1. The lowest BCUT2D eigenvalue weighted by atomic mass is 10.00. The van der Waals surface area contributed by atoms with E-state index in [-0.39, 0.29) is 0 Å². The molecule has 1 aromatic rings. The molecule has 1 unspecified atom stereocenters. The van der Waals surface area contributed by atoms with Gasteiger partial charge in [-0.05, 0) is 31.4 Å². The lowest BCUT2D eigenvalue weighted by molar-refractivity contribution is -0.123. The van der Waals surface area contributed by atoms with Gasteiger partial charge in [-0.2, -0.15) is 0 Å². The van der Waals surface area contributed by atoms with Gasteiger partial charge in [-0.3, -0.25) is 9.69 Å². The third kappa shape index (κ3) is 2.58. The molecule has 17 heavy (non-hydrogen) atoms. The van der Waals surface area contributed by atoms with Crippen molar-refractivity contribution in [2.24, 2.45) is 11.8 Å². The quantitative estimate of drug-likeness (QED) is 0.790. The molecule has 1 heterocycles. The summed E-state index contributed by atoms with van der Waals surface area (Å²) in [4.78, 5) is 14.4. The summed E-state index contributed by atoms with van der Waals surface area (Å²) in [5.74, 6) is 1.29. The van der Waals surface area contributed by atoms with E-state index < -0.39 is 0 Å². The van der Waals surface area contributed by atoms with Crippen LogP contribution in [-0.2, 0) is 11.3 Å². The van der Waals surface area contributed by atoms with Gasteiger partial charge in [-0.25, -0.2) is 0 Å². The highest BCUT2D eigenvalue weighted by Crippen LogP contribution is 2.35. The second-order valence-corrected chi connectivity index (χ2v) is 5.38. The zero-order valence-electron chi connectivity index (χ0n) is 10.1. The van der Waals surface area contributed by atoms with E-state index in [1.165, 1.54) is 5.56 Å². The number of hydrogen-bond donors (Lipinski definition) is 0. The summed E-state index contributed by atoms with van der Waals surface area (Å²) in [6.45, 7) is 3.05. The highest BCUT2D eigenvalue weighted by molar-refractivity contribution is 5.85. The fourth-order valence-electron chi connectivity index (χ4n) is 2.75. The van der Waals surface area contributed by atoms with Crippen LogP contribution in [0.3, 0.4) is 0 Å². The molecule has 1 aromatic carbocycles. The number of likely N-dealkylation sites (tertiary alicyclic amines) is 1. The second kappa shape index (κ2) is 4.61. The van der Waals surface area contributed by atoms with E-state index >= 15 is 0 Å². The Kier molecular flexibility index (Phi) is 2.98. The Morgan fingerprint density at radius 1 is 1.12 bits per heavy atom. The maximum absolute atomic E-state index is 12.0. The van der Waals surface area contributed by atoms with Gasteiger partial charge in [0.15, 0.2) is 0 Å². The average Bonchev–Trinajstić information content (AvgIpc) is 3.11. The minimum absolute atomic E-state index is 0.325. The van der Waals surface area contributed by atoms with Crippen LogP contribution in [0.15, 0.2) is 30.3 Å². The molecule has 0 spiro atoms. The van der Waals surface area contributed by atoms with Crippen molar-refractivity contribution in [3.63, 3.8) is 0 Å². The number of carbonyl (C=O) groups is 1. The first-order chi connectivity index (χ1) is 8.33. The molecule has 90 valence electrons. The average molecular weight is 229 g/mol. The second-order valence-electron chi connectivity index (χ2n) is 5.38. The Hall–Kier alpha value is -1.15. The molecule has 0 aromatic heterocycles. The van der Waals surface area contributed by atoms with Crippen LogP contribution in [0, 0.1) is 11.8 Å². The molecule has 1 saturated heterocycles. The van der Waals surface area contributed by atoms with Crippen LogP contribution in [0.25, 0.3) is 0 Å². The van der Waals surface area contributed by atoms with Crippen LogP contribution in [0.1, 0.15) is 24.8 Å². The van der Waals surface area contributed by atoms with Crippen molar-refractivity contribution in [3.05, 3.63) is 35.9 Å². The van der Waals surface area contributed by atoms with E-state index in [2.05, 4.69) is 29.2 Å². The molecular weight excluding hydrogens is 210 g/mol. The van der Waals surface area contributed by atoms with Gasteiger partial charge in [-0.1, -0.05) is 30.3 Å². The summed E-state index contributed by atoms with van der Waals surface area (Å²) in [5.41, 5.74) is 1.35. The van der Waals surface area contributed by atoms with Gasteiger partial charge in [0.1, 0.15) is 5.78 Å². The summed E-state index contributed by atoms with van der Waals surface area (Å²) >= 11 is 0. The molecule has 0 bridgehead atoms. The van der Waals surface area contributed by atoms with E-state index in [4.69, 9.17) is 0 Å². The van der Waals surface area contributed by atoms with Gasteiger partial charge >= 0.3 is 0 Å². The molecule has 2 aliphatic rings. The lowest BCUT2D eigenvalue weighted by Gasteiger charge is -2.15. The highest BCUT2D eigenvalue weighted by Gasteiger charge is 2.37. The van der Waals surface area contributed by atoms with Gasteiger partial charge in [-0.15, -0.1) is 0 Å². The fourth-order valence-corrected chi connectivity index (χ4v) is 2.75. The van der Waals surface area contributed by atoms with Crippen LogP contribution in [0.5, 0.6) is 0 Å². The van der Waals surface area contributed by atoms with Crippen molar-refractivity contribution >= 4 is 5.78 Å². The zero-order valence-corrected chi connectivity index (χ0v) is 10.1. The van der Waals surface area contributed by atoms with Gasteiger partial charge in [0.05, 0.1) is 0 Å². The van der Waals surface area contributed by atoms with Gasteiger partial charge in [0, 0.05) is 24.9 Å². The molecule has 1 saturated carbocycles.